The highest BCUT2D eigenvalue weighted by Gasteiger charge is 2.30. The lowest BCUT2D eigenvalue weighted by molar-refractivity contribution is 0.0960. The fraction of sp³-hybridized carbons (Fsp3) is 0.250. The van der Waals surface area contributed by atoms with E-state index >= 15 is 0 Å². The van der Waals surface area contributed by atoms with Gasteiger partial charge in [0.05, 0.1) is 22.9 Å². The number of fused-ring (bicyclic) bond motifs is 1. The van der Waals surface area contributed by atoms with Gasteiger partial charge < -0.3 is 9.64 Å². The van der Waals surface area contributed by atoms with Crippen molar-refractivity contribution in [1.29, 1.82) is 0 Å². The SMILES string of the molecule is Cc1ccc(-n2ncnc2C)cc1C(=O)N1C[C@H](C)Oc2c(Cl)cccc21. The third kappa shape index (κ3) is 3.06. The molecule has 0 spiro atoms. The third-order valence-corrected chi connectivity index (χ3v) is 4.95. The topological polar surface area (TPSA) is 60.2 Å². The number of aromatic nitrogens is 3. The number of rotatable bonds is 2. The van der Waals surface area contributed by atoms with E-state index < -0.39 is 0 Å². The van der Waals surface area contributed by atoms with Gasteiger partial charge in [-0.3, -0.25) is 4.79 Å². The number of nitrogens with zero attached hydrogens (tertiary/aromatic N) is 4. The molecule has 0 saturated carbocycles. The summed E-state index contributed by atoms with van der Waals surface area (Å²) < 4.78 is 7.57. The lowest BCUT2D eigenvalue weighted by atomic mass is 10.0. The highest BCUT2D eigenvalue weighted by molar-refractivity contribution is 6.32. The summed E-state index contributed by atoms with van der Waals surface area (Å²) in [5.41, 5.74) is 2.99. The molecule has 0 fully saturated rings. The Morgan fingerprint density at radius 3 is 2.81 bits per heavy atom. The van der Waals surface area contributed by atoms with Crippen molar-refractivity contribution in [3.8, 4) is 11.4 Å². The standard InChI is InChI=1S/C20H19ClN4O2/c1-12-7-8-15(25-14(3)22-11-23-25)9-16(12)20(26)24-10-13(2)27-19-17(21)5-4-6-18(19)24/h4-9,11,13H,10H2,1-3H3/t13-/m0/s1. The average molecular weight is 383 g/mol. The van der Waals surface area contributed by atoms with Gasteiger partial charge >= 0.3 is 0 Å². The van der Waals surface area contributed by atoms with Crippen LogP contribution in [0, 0.1) is 13.8 Å². The molecule has 6 nitrogen and oxygen atoms in total. The molecule has 1 aromatic heterocycles. The van der Waals surface area contributed by atoms with Crippen LogP contribution >= 0.6 is 11.6 Å². The molecule has 2 aromatic carbocycles. The van der Waals surface area contributed by atoms with Crippen molar-refractivity contribution < 1.29 is 9.53 Å². The summed E-state index contributed by atoms with van der Waals surface area (Å²) in [4.78, 5) is 19.3. The summed E-state index contributed by atoms with van der Waals surface area (Å²) >= 11 is 6.28. The highest BCUT2D eigenvalue weighted by Crippen LogP contribution is 2.40. The van der Waals surface area contributed by atoms with Crippen LogP contribution in [0.15, 0.2) is 42.7 Å². The normalized spacial score (nSPS) is 16.0. The Bertz CT molecular complexity index is 1030. The predicted octanol–water partition coefficient (Wildman–Crippen LogP) is 3.97. The number of carbonyl (C=O) groups excluding carboxylic acids is 1. The van der Waals surface area contributed by atoms with E-state index in [-0.39, 0.29) is 12.0 Å². The number of para-hydroxylation sites is 1. The van der Waals surface area contributed by atoms with E-state index in [9.17, 15) is 4.79 Å². The van der Waals surface area contributed by atoms with E-state index in [1.54, 1.807) is 15.6 Å². The maximum absolute atomic E-state index is 13.4. The first kappa shape index (κ1) is 17.5. The van der Waals surface area contributed by atoms with Crippen molar-refractivity contribution in [1.82, 2.24) is 14.8 Å². The molecule has 1 amide bonds. The molecule has 0 radical (unpaired) electrons. The number of carbonyl (C=O) groups is 1. The average Bonchev–Trinajstić information content (AvgIpc) is 3.08. The summed E-state index contributed by atoms with van der Waals surface area (Å²) in [5, 5.41) is 4.73. The Balaban J connectivity index is 1.78. The number of benzene rings is 2. The van der Waals surface area contributed by atoms with Crippen LogP contribution in [-0.2, 0) is 0 Å². The Labute approximate surface area is 162 Å². The third-order valence-electron chi connectivity index (χ3n) is 4.66. The van der Waals surface area contributed by atoms with Gasteiger partial charge in [0.2, 0.25) is 0 Å². The van der Waals surface area contributed by atoms with Crippen LogP contribution in [-0.4, -0.2) is 33.3 Å². The number of anilines is 1. The smallest absolute Gasteiger partial charge is 0.258 e. The Hall–Kier alpha value is -2.86. The quantitative estimate of drug-likeness (QED) is 0.673. The highest BCUT2D eigenvalue weighted by atomic mass is 35.5. The van der Waals surface area contributed by atoms with E-state index in [4.69, 9.17) is 16.3 Å². The van der Waals surface area contributed by atoms with Gasteiger partial charge in [-0.1, -0.05) is 23.7 Å². The zero-order valence-electron chi connectivity index (χ0n) is 15.3. The van der Waals surface area contributed by atoms with Crippen LogP contribution in [0.1, 0.15) is 28.7 Å². The number of amides is 1. The summed E-state index contributed by atoms with van der Waals surface area (Å²) in [6.45, 7) is 6.18. The van der Waals surface area contributed by atoms with Crippen molar-refractivity contribution in [2.75, 3.05) is 11.4 Å². The minimum absolute atomic E-state index is 0.0919. The summed E-state index contributed by atoms with van der Waals surface area (Å²) in [7, 11) is 0. The molecular weight excluding hydrogens is 364 g/mol. The van der Waals surface area contributed by atoms with Gasteiger partial charge in [-0.2, -0.15) is 5.10 Å². The van der Waals surface area contributed by atoms with Crippen LogP contribution in [0.3, 0.4) is 0 Å². The van der Waals surface area contributed by atoms with E-state index in [0.717, 1.165) is 17.1 Å². The first-order valence-electron chi connectivity index (χ1n) is 8.70. The van der Waals surface area contributed by atoms with Crippen molar-refractivity contribution in [2.45, 2.75) is 26.9 Å². The van der Waals surface area contributed by atoms with Crippen molar-refractivity contribution in [3.63, 3.8) is 0 Å². The van der Waals surface area contributed by atoms with E-state index in [0.29, 0.717) is 28.6 Å². The molecule has 2 heterocycles. The van der Waals surface area contributed by atoms with Crippen LogP contribution in [0.4, 0.5) is 5.69 Å². The maximum atomic E-state index is 13.4. The van der Waals surface area contributed by atoms with Gasteiger partial charge in [-0.15, -0.1) is 0 Å². The zero-order valence-corrected chi connectivity index (χ0v) is 16.1. The van der Waals surface area contributed by atoms with E-state index in [1.165, 1.54) is 6.33 Å². The molecule has 138 valence electrons. The molecule has 7 heteroatoms. The minimum atomic E-state index is -0.151. The molecule has 27 heavy (non-hydrogen) atoms. The second-order valence-corrected chi connectivity index (χ2v) is 7.06. The summed E-state index contributed by atoms with van der Waals surface area (Å²) in [6.07, 6.45) is 1.35. The molecule has 1 atom stereocenters. The van der Waals surface area contributed by atoms with Gasteiger partial charge in [0, 0.05) is 5.56 Å². The van der Waals surface area contributed by atoms with Gasteiger partial charge in [0.25, 0.3) is 5.91 Å². The number of halogens is 1. The van der Waals surface area contributed by atoms with Crippen LogP contribution in [0.5, 0.6) is 5.75 Å². The van der Waals surface area contributed by atoms with Crippen molar-refractivity contribution in [3.05, 3.63) is 64.7 Å². The van der Waals surface area contributed by atoms with Crippen LogP contribution < -0.4 is 9.64 Å². The number of hydrogen-bond donors (Lipinski definition) is 0. The Morgan fingerprint density at radius 2 is 2.07 bits per heavy atom. The first-order valence-corrected chi connectivity index (χ1v) is 9.08. The zero-order chi connectivity index (χ0) is 19.1. The van der Waals surface area contributed by atoms with Gasteiger partial charge in [0.15, 0.2) is 5.75 Å². The van der Waals surface area contributed by atoms with Crippen molar-refractivity contribution >= 4 is 23.2 Å². The van der Waals surface area contributed by atoms with Crippen molar-refractivity contribution in [2.24, 2.45) is 0 Å². The molecular formula is C20H19ClN4O2. The molecule has 0 bridgehead atoms. The lowest BCUT2D eigenvalue weighted by Gasteiger charge is -2.34. The molecule has 4 rings (SSSR count). The van der Waals surface area contributed by atoms with E-state index in [2.05, 4.69) is 10.1 Å². The number of hydrogen-bond acceptors (Lipinski definition) is 4. The first-order chi connectivity index (χ1) is 13.0. The van der Waals surface area contributed by atoms with Gasteiger partial charge in [-0.05, 0) is 50.6 Å². The molecule has 1 aliphatic rings. The summed E-state index contributed by atoms with van der Waals surface area (Å²) in [5.74, 6) is 1.22. The largest absolute Gasteiger partial charge is 0.485 e. The molecule has 0 aliphatic carbocycles. The summed E-state index contributed by atoms with van der Waals surface area (Å²) in [6, 6.07) is 11.1. The van der Waals surface area contributed by atoms with Crippen LogP contribution in [0.2, 0.25) is 5.02 Å². The van der Waals surface area contributed by atoms with Crippen LogP contribution in [0.25, 0.3) is 5.69 Å². The Kier molecular flexibility index (Phi) is 4.36. The van der Waals surface area contributed by atoms with E-state index in [1.807, 2.05) is 51.1 Å². The monoisotopic (exact) mass is 382 g/mol. The fourth-order valence-electron chi connectivity index (χ4n) is 3.28. The molecule has 0 saturated heterocycles. The second-order valence-electron chi connectivity index (χ2n) is 6.65. The predicted molar refractivity (Wildman–Crippen MR) is 104 cm³/mol. The lowest BCUT2D eigenvalue weighted by Crippen LogP contribution is -2.42. The number of ether oxygens (including phenoxy) is 1. The molecule has 1 aliphatic heterocycles. The Morgan fingerprint density at radius 1 is 1.26 bits per heavy atom. The minimum Gasteiger partial charge on any atom is -0.485 e. The second kappa shape index (κ2) is 6.70. The fourth-order valence-corrected chi connectivity index (χ4v) is 3.50. The molecule has 3 aromatic rings. The van der Waals surface area contributed by atoms with Gasteiger partial charge in [0.1, 0.15) is 18.3 Å². The molecule has 0 unspecified atom stereocenters. The molecule has 0 N–H and O–H groups in total. The maximum Gasteiger partial charge on any atom is 0.258 e. The number of aryl methyl sites for hydroxylation is 2. The van der Waals surface area contributed by atoms with Gasteiger partial charge in [-0.25, -0.2) is 9.67 Å².